The Morgan fingerprint density at radius 1 is 1.00 bits per heavy atom. The third-order valence-corrected chi connectivity index (χ3v) is 6.10. The van der Waals surface area contributed by atoms with Crippen LogP contribution in [0.1, 0.15) is 21.8 Å². The number of fused-ring (bicyclic) bond motifs is 1. The van der Waals surface area contributed by atoms with Crippen molar-refractivity contribution < 1.29 is 17.6 Å². The molecule has 4 rings (SSSR count). The molecule has 0 saturated heterocycles. The molecule has 0 aliphatic heterocycles. The summed E-state index contributed by atoms with van der Waals surface area (Å²) in [5.74, 6) is 0.0433. The summed E-state index contributed by atoms with van der Waals surface area (Å²) in [4.78, 5) is 17.1. The topological polar surface area (TPSA) is 89.3 Å². The van der Waals surface area contributed by atoms with E-state index in [9.17, 15) is 13.2 Å². The fourth-order valence-corrected chi connectivity index (χ4v) is 4.41. The van der Waals surface area contributed by atoms with Gasteiger partial charge in [-0.25, -0.2) is 13.4 Å². The molecule has 29 heavy (non-hydrogen) atoms. The van der Waals surface area contributed by atoms with Gasteiger partial charge in [0.15, 0.2) is 21.3 Å². The summed E-state index contributed by atoms with van der Waals surface area (Å²) in [6, 6.07) is 20.1. The van der Waals surface area contributed by atoms with Crippen LogP contribution in [0.15, 0.2) is 82.1 Å². The van der Waals surface area contributed by atoms with Crippen molar-refractivity contribution in [1.29, 1.82) is 0 Å². The van der Waals surface area contributed by atoms with Gasteiger partial charge in [0, 0.05) is 18.2 Å². The molecule has 6 nitrogen and oxygen atoms in total. The second kappa shape index (κ2) is 7.52. The van der Waals surface area contributed by atoms with E-state index in [1.165, 1.54) is 0 Å². The van der Waals surface area contributed by atoms with Gasteiger partial charge in [-0.1, -0.05) is 30.3 Å². The number of anilines is 1. The van der Waals surface area contributed by atoms with Crippen molar-refractivity contribution in [2.24, 2.45) is 0 Å². The zero-order chi connectivity index (χ0) is 20.4. The zero-order valence-electron chi connectivity index (χ0n) is 15.6. The van der Waals surface area contributed by atoms with Gasteiger partial charge in [-0.05, 0) is 48.0 Å². The summed E-state index contributed by atoms with van der Waals surface area (Å²) < 4.78 is 30.6. The number of rotatable bonds is 5. The number of amides is 1. The van der Waals surface area contributed by atoms with E-state index in [0.29, 0.717) is 33.8 Å². The van der Waals surface area contributed by atoms with Crippen molar-refractivity contribution in [2.45, 2.75) is 17.6 Å². The minimum absolute atomic E-state index is 0.178. The summed E-state index contributed by atoms with van der Waals surface area (Å²) in [6.07, 6.45) is 0. The molecule has 0 fully saturated rings. The molecule has 1 N–H and O–H groups in total. The van der Waals surface area contributed by atoms with Gasteiger partial charge in [0.2, 0.25) is 0 Å². The van der Waals surface area contributed by atoms with E-state index >= 15 is 0 Å². The number of hydrogen-bond acceptors (Lipinski definition) is 5. The highest BCUT2D eigenvalue weighted by atomic mass is 32.2. The van der Waals surface area contributed by atoms with Crippen LogP contribution in [-0.4, -0.2) is 19.3 Å². The molecule has 0 aliphatic rings. The van der Waals surface area contributed by atoms with Crippen LogP contribution in [0.25, 0.3) is 11.1 Å². The number of benzene rings is 3. The van der Waals surface area contributed by atoms with Gasteiger partial charge in [-0.3, -0.25) is 4.79 Å². The molecule has 0 saturated carbocycles. The summed E-state index contributed by atoms with van der Waals surface area (Å²) in [6.45, 7) is 1.76. The zero-order valence-corrected chi connectivity index (χ0v) is 16.4. The van der Waals surface area contributed by atoms with Crippen molar-refractivity contribution in [3.05, 3.63) is 89.8 Å². The molecular formula is C22H18N2O4S. The number of hydrogen-bond donors (Lipinski definition) is 1. The summed E-state index contributed by atoms with van der Waals surface area (Å²) in [5.41, 5.74) is 2.81. The van der Waals surface area contributed by atoms with Gasteiger partial charge >= 0.3 is 0 Å². The maximum absolute atomic E-state index is 12.6. The summed E-state index contributed by atoms with van der Waals surface area (Å²) in [5, 5.41) is 2.81. The van der Waals surface area contributed by atoms with E-state index in [0.717, 1.165) is 0 Å². The molecule has 1 heterocycles. The van der Waals surface area contributed by atoms with Crippen LogP contribution in [0.4, 0.5) is 5.69 Å². The van der Waals surface area contributed by atoms with E-state index in [2.05, 4.69) is 10.3 Å². The number of carbonyl (C=O) groups is 1. The minimum Gasteiger partial charge on any atom is -0.441 e. The van der Waals surface area contributed by atoms with Crippen molar-refractivity contribution >= 4 is 32.5 Å². The van der Waals surface area contributed by atoms with Crippen LogP contribution >= 0.6 is 0 Å². The number of oxazole rings is 1. The molecule has 0 bridgehead atoms. The SMILES string of the molecule is Cc1nc2cc(NC(=O)c3cccc(CS(=O)(=O)c4ccccc4)c3)ccc2o1. The Labute approximate surface area is 168 Å². The van der Waals surface area contributed by atoms with Gasteiger partial charge in [-0.15, -0.1) is 0 Å². The third kappa shape index (κ3) is 4.20. The second-order valence-corrected chi connectivity index (χ2v) is 8.63. The average molecular weight is 406 g/mol. The Morgan fingerprint density at radius 2 is 1.79 bits per heavy atom. The molecule has 3 aromatic carbocycles. The van der Waals surface area contributed by atoms with Crippen molar-refractivity contribution in [3.63, 3.8) is 0 Å². The lowest BCUT2D eigenvalue weighted by Gasteiger charge is -2.08. The van der Waals surface area contributed by atoms with Gasteiger partial charge in [0.25, 0.3) is 5.91 Å². The largest absolute Gasteiger partial charge is 0.441 e. The number of nitrogens with zero attached hydrogens (tertiary/aromatic N) is 1. The third-order valence-electron chi connectivity index (χ3n) is 4.40. The molecule has 0 unspecified atom stereocenters. The first-order chi connectivity index (χ1) is 13.9. The monoisotopic (exact) mass is 406 g/mol. The Kier molecular flexibility index (Phi) is 4.90. The highest BCUT2D eigenvalue weighted by Crippen LogP contribution is 2.21. The van der Waals surface area contributed by atoms with E-state index in [4.69, 9.17) is 4.42 Å². The lowest BCUT2D eigenvalue weighted by atomic mass is 10.1. The molecule has 1 amide bonds. The smallest absolute Gasteiger partial charge is 0.255 e. The van der Waals surface area contributed by atoms with Crippen molar-refractivity contribution in [1.82, 2.24) is 4.98 Å². The van der Waals surface area contributed by atoms with E-state index in [1.807, 2.05) is 0 Å². The van der Waals surface area contributed by atoms with Gasteiger partial charge in [0.1, 0.15) is 5.52 Å². The molecule has 1 aromatic heterocycles. The van der Waals surface area contributed by atoms with Crippen molar-refractivity contribution in [2.75, 3.05) is 5.32 Å². The first-order valence-electron chi connectivity index (χ1n) is 8.96. The summed E-state index contributed by atoms with van der Waals surface area (Å²) >= 11 is 0. The fourth-order valence-electron chi connectivity index (χ4n) is 3.06. The minimum atomic E-state index is -3.49. The maximum atomic E-state index is 12.6. The van der Waals surface area contributed by atoms with E-state index in [1.54, 1.807) is 79.7 Å². The molecular weight excluding hydrogens is 388 g/mol. The first-order valence-corrected chi connectivity index (χ1v) is 10.6. The molecule has 0 aliphatic carbocycles. The number of nitrogens with one attached hydrogen (secondary N) is 1. The predicted octanol–water partition coefficient (Wildman–Crippen LogP) is 4.36. The van der Waals surface area contributed by atoms with Gasteiger partial charge in [0.05, 0.1) is 10.6 Å². The quantitative estimate of drug-likeness (QED) is 0.532. The molecule has 0 radical (unpaired) electrons. The molecule has 4 aromatic rings. The normalized spacial score (nSPS) is 11.5. The Morgan fingerprint density at radius 3 is 2.59 bits per heavy atom. The van der Waals surface area contributed by atoms with Crippen LogP contribution in [0.3, 0.4) is 0 Å². The van der Waals surface area contributed by atoms with E-state index < -0.39 is 9.84 Å². The van der Waals surface area contributed by atoms with Crippen molar-refractivity contribution in [3.8, 4) is 0 Å². The summed E-state index contributed by atoms with van der Waals surface area (Å²) in [7, 11) is -3.49. The first kappa shape index (κ1) is 18.9. The lowest BCUT2D eigenvalue weighted by Crippen LogP contribution is -2.12. The number of carbonyl (C=O) groups excluding carboxylic acids is 1. The fraction of sp³-hybridized carbons (Fsp3) is 0.0909. The highest BCUT2D eigenvalue weighted by Gasteiger charge is 2.16. The Hall–Kier alpha value is -3.45. The number of aryl methyl sites for hydroxylation is 1. The van der Waals surface area contributed by atoms with E-state index in [-0.39, 0.29) is 16.6 Å². The Bertz CT molecular complexity index is 1290. The number of aromatic nitrogens is 1. The predicted molar refractivity (Wildman–Crippen MR) is 110 cm³/mol. The average Bonchev–Trinajstić information content (AvgIpc) is 3.08. The number of sulfone groups is 1. The van der Waals surface area contributed by atoms with Crippen LogP contribution in [0.5, 0.6) is 0 Å². The van der Waals surface area contributed by atoms with Gasteiger partial charge in [-0.2, -0.15) is 0 Å². The highest BCUT2D eigenvalue weighted by molar-refractivity contribution is 7.90. The molecule has 146 valence electrons. The molecule has 0 atom stereocenters. The van der Waals surface area contributed by atoms with Crippen LogP contribution < -0.4 is 5.32 Å². The van der Waals surface area contributed by atoms with Crippen LogP contribution in [-0.2, 0) is 15.6 Å². The van der Waals surface area contributed by atoms with Crippen LogP contribution in [0, 0.1) is 6.92 Å². The van der Waals surface area contributed by atoms with Crippen LogP contribution in [0.2, 0.25) is 0 Å². The Balaban J connectivity index is 1.53. The molecule has 0 spiro atoms. The van der Waals surface area contributed by atoms with Gasteiger partial charge < -0.3 is 9.73 Å². The lowest BCUT2D eigenvalue weighted by molar-refractivity contribution is 0.102. The molecule has 7 heteroatoms. The standard InChI is InChI=1S/C22H18N2O4S/c1-15-23-20-13-18(10-11-21(20)28-15)24-22(25)17-7-5-6-16(12-17)14-29(26,27)19-8-3-2-4-9-19/h2-13H,14H2,1H3,(H,24,25). The maximum Gasteiger partial charge on any atom is 0.255 e. The second-order valence-electron chi connectivity index (χ2n) is 6.64.